The van der Waals surface area contributed by atoms with E-state index in [0.29, 0.717) is 102 Å². The normalized spacial score (nSPS) is 27.1. The third kappa shape index (κ3) is 5.52. The van der Waals surface area contributed by atoms with Gasteiger partial charge >= 0.3 is 0 Å². The molecule has 0 aliphatic carbocycles. The van der Waals surface area contributed by atoms with E-state index in [1.807, 2.05) is 0 Å². The molecule has 12 heterocycles. The molecule has 0 bridgehead atoms. The van der Waals surface area contributed by atoms with Crippen LogP contribution >= 0.6 is 69.3 Å². The van der Waals surface area contributed by atoms with Gasteiger partial charge in [-0.2, -0.15) is 0 Å². The minimum Gasteiger partial charge on any atom is -0.489 e. The zero-order valence-corrected chi connectivity index (χ0v) is 35.6. The van der Waals surface area contributed by atoms with Crippen molar-refractivity contribution in [1.82, 2.24) is 0 Å². The zero-order chi connectivity index (χ0) is 37.8. The molecule has 18 heteroatoms. The van der Waals surface area contributed by atoms with E-state index in [9.17, 15) is 0 Å². The topological polar surface area (TPSA) is 111 Å². The molecule has 0 aromatic carbocycles. The molecule has 3 aromatic rings. The number of ether oxygens (including phenoxy) is 12. The molecule has 0 amide bonds. The van der Waals surface area contributed by atoms with Crippen molar-refractivity contribution in [3.05, 3.63) is 72.9 Å². The number of fused-ring (bicyclic) bond motifs is 4. The number of hydrogen-bond donors (Lipinski definition) is 0. The van der Waals surface area contributed by atoms with E-state index in [0.717, 1.165) is 100.0 Å². The summed E-state index contributed by atoms with van der Waals surface area (Å²) in [5.41, 5.74) is 1.13. The first-order valence-electron chi connectivity index (χ1n) is 18.8. The van der Waals surface area contributed by atoms with Gasteiger partial charge in [0.15, 0.2) is 69.1 Å². The van der Waals surface area contributed by atoms with Crippen LogP contribution in [0, 0.1) is 16.0 Å². The molecule has 1 saturated heterocycles. The smallest absolute Gasteiger partial charge is 0.181 e. The summed E-state index contributed by atoms with van der Waals surface area (Å²) < 4.78 is 79.9. The molecular weight excluding hydrogens is 853 g/mol. The number of thiophene rings is 3. The maximum Gasteiger partial charge on any atom is 0.181 e. The molecule has 2 unspecified atom stereocenters. The Morgan fingerprint density at radius 3 is 1.44 bits per heavy atom. The maximum absolute atomic E-state index is 6.49. The van der Waals surface area contributed by atoms with Gasteiger partial charge in [-0.1, -0.05) is 0 Å². The van der Waals surface area contributed by atoms with E-state index >= 15 is 0 Å². The highest BCUT2D eigenvalue weighted by molar-refractivity contribution is 8.10. The van der Waals surface area contributed by atoms with Gasteiger partial charge in [0.05, 0.1) is 38.1 Å². The van der Waals surface area contributed by atoms with Crippen LogP contribution in [-0.2, 0) is 28.4 Å². The summed E-state index contributed by atoms with van der Waals surface area (Å²) in [7, 11) is 0. The van der Waals surface area contributed by atoms with Gasteiger partial charge in [-0.25, -0.2) is 0 Å². The largest absolute Gasteiger partial charge is 0.489 e. The lowest BCUT2D eigenvalue weighted by Gasteiger charge is -2.31. The summed E-state index contributed by atoms with van der Waals surface area (Å²) in [5, 5.41) is -0.290. The molecule has 3 aromatic heterocycles. The van der Waals surface area contributed by atoms with Crippen LogP contribution in [0.4, 0.5) is 0 Å². The monoisotopic (exact) mass is 886 g/mol. The summed E-state index contributed by atoms with van der Waals surface area (Å²) in [4.78, 5) is 5.19. The number of hydrogen-bond acceptors (Lipinski definition) is 18. The highest BCUT2D eigenvalue weighted by Crippen LogP contribution is 2.60. The molecule has 12 nitrogen and oxygen atoms in total. The molecule has 0 spiro atoms. The van der Waals surface area contributed by atoms with Gasteiger partial charge in [0, 0.05) is 21.1 Å². The third-order valence-electron chi connectivity index (χ3n) is 10.4. The predicted octanol–water partition coefficient (Wildman–Crippen LogP) is 6.40. The van der Waals surface area contributed by atoms with Gasteiger partial charge in [0.2, 0.25) is 0 Å². The standard InChI is InChI=1S/C39H34O12S6/c1-16-19-21(42-5-3-40-19)18(15-52-16)31-23-24(45-8-7-44-23)34(54-31)35-27-28(49-12-11-48-27)38(56-35)39-30-29(50-13-14-51-30)37(57-39)36-26-25(46-9-10-47-26)33(55-36)32-22-20(17(2)53-32)41-4-6-43-22/h31,33H,3-15H2,1-2H3/b35-34+,37-36+,39-38+. The molecule has 0 N–H and O–H groups in total. The Balaban J connectivity index is 1.06. The van der Waals surface area contributed by atoms with E-state index in [4.69, 9.17) is 56.8 Å². The predicted molar refractivity (Wildman–Crippen MR) is 218 cm³/mol. The van der Waals surface area contributed by atoms with E-state index in [1.54, 1.807) is 69.3 Å². The SMILES string of the molecule is CC1=C2OCCOC2=C(C2S/C(=c3/s/c(=c4/s/c(=C5/SC(c6sc(C)c7c6OCCO7)C6=C5OCCO6)c5c4OCCO5)c4c3OCCO4)C3=C2OCCO3)CS1. The fourth-order valence-electron chi connectivity index (χ4n) is 8.00. The van der Waals surface area contributed by atoms with Crippen LogP contribution in [0.5, 0.6) is 34.5 Å². The van der Waals surface area contributed by atoms with Crippen molar-refractivity contribution < 1.29 is 56.8 Å². The molecule has 1 fully saturated rings. The molecule has 9 aliphatic rings. The highest BCUT2D eigenvalue weighted by Gasteiger charge is 2.45. The molecule has 9 aliphatic heterocycles. The number of thioether (sulfide) groups is 3. The summed E-state index contributed by atoms with van der Waals surface area (Å²) in [5.74, 6) is 9.93. The summed E-state index contributed by atoms with van der Waals surface area (Å²) >= 11 is 10.1. The molecule has 2 atom stereocenters. The van der Waals surface area contributed by atoms with Gasteiger partial charge in [-0.3, -0.25) is 0 Å². The lowest BCUT2D eigenvalue weighted by atomic mass is 10.1. The lowest BCUT2D eigenvalue weighted by molar-refractivity contribution is 0.0543. The molecule has 57 heavy (non-hydrogen) atoms. The van der Waals surface area contributed by atoms with Crippen molar-refractivity contribution in [3.8, 4) is 34.5 Å². The Morgan fingerprint density at radius 1 is 0.404 bits per heavy atom. The Hall–Kier alpha value is -3.55. The third-order valence-corrected chi connectivity index (χ3v) is 18.2. The fraction of sp³-hybridized carbons (Fsp3) is 0.436. The van der Waals surface area contributed by atoms with Gasteiger partial charge in [0.25, 0.3) is 0 Å². The zero-order valence-electron chi connectivity index (χ0n) is 30.7. The minimum atomic E-state index is -0.156. The van der Waals surface area contributed by atoms with Gasteiger partial charge in [-0.05, 0) is 13.8 Å². The average Bonchev–Trinajstić information content (AvgIpc) is 4.08. The van der Waals surface area contributed by atoms with E-state index in [-0.39, 0.29) is 10.5 Å². The van der Waals surface area contributed by atoms with Crippen LogP contribution in [0.15, 0.2) is 45.0 Å². The van der Waals surface area contributed by atoms with Gasteiger partial charge < -0.3 is 56.8 Å². The van der Waals surface area contributed by atoms with Crippen molar-refractivity contribution in [2.75, 3.05) is 85.0 Å². The first kappa shape index (κ1) is 35.4. The molecule has 12 rings (SSSR count). The molecule has 0 saturated carbocycles. The van der Waals surface area contributed by atoms with Crippen molar-refractivity contribution in [2.24, 2.45) is 0 Å². The van der Waals surface area contributed by atoms with Crippen LogP contribution in [0.2, 0.25) is 0 Å². The fourth-order valence-corrected chi connectivity index (χ4v) is 15.8. The van der Waals surface area contributed by atoms with E-state index in [2.05, 4.69) is 13.8 Å². The first-order chi connectivity index (χ1) is 28.1. The van der Waals surface area contributed by atoms with Crippen molar-refractivity contribution in [1.29, 1.82) is 0 Å². The second-order valence-corrected chi connectivity index (χ2v) is 20.5. The van der Waals surface area contributed by atoms with Gasteiger partial charge in [0.1, 0.15) is 84.5 Å². The maximum atomic E-state index is 6.49. The summed E-state index contributed by atoms with van der Waals surface area (Å²) in [6.45, 7) is 9.85. The molecule has 0 radical (unpaired) electrons. The summed E-state index contributed by atoms with van der Waals surface area (Å²) in [6, 6.07) is 0. The second-order valence-electron chi connectivity index (χ2n) is 13.8. The Morgan fingerprint density at radius 2 is 0.842 bits per heavy atom. The summed E-state index contributed by atoms with van der Waals surface area (Å²) in [6.07, 6.45) is 0. The van der Waals surface area contributed by atoms with Crippen molar-refractivity contribution in [2.45, 2.75) is 24.3 Å². The van der Waals surface area contributed by atoms with Crippen LogP contribution < -0.4 is 37.5 Å². The van der Waals surface area contributed by atoms with Crippen LogP contribution in [-0.4, -0.2) is 90.3 Å². The van der Waals surface area contributed by atoms with E-state index in [1.165, 1.54) is 0 Å². The molecular formula is C39H34O12S6. The van der Waals surface area contributed by atoms with Crippen molar-refractivity contribution in [3.63, 3.8) is 0 Å². The van der Waals surface area contributed by atoms with Crippen molar-refractivity contribution >= 4 is 79.1 Å². The quantitative estimate of drug-likeness (QED) is 0.283. The first-order valence-corrected chi connectivity index (χ1v) is 24.0. The minimum absolute atomic E-state index is 0.134. The van der Waals surface area contributed by atoms with Crippen LogP contribution in [0.25, 0.3) is 9.81 Å². The Labute approximate surface area is 350 Å². The van der Waals surface area contributed by atoms with E-state index < -0.39 is 0 Å². The molecule has 298 valence electrons. The Kier molecular flexibility index (Phi) is 8.72. The number of rotatable bonds is 2. The van der Waals surface area contributed by atoms with Crippen LogP contribution in [0.3, 0.4) is 0 Å². The number of aryl methyl sites for hydroxylation is 1. The lowest BCUT2D eigenvalue weighted by Crippen LogP contribution is -2.25. The Bertz CT molecular complexity index is 2610. The highest BCUT2D eigenvalue weighted by atomic mass is 32.2. The average molecular weight is 887 g/mol. The number of allylic oxidation sites excluding steroid dienone is 1. The second kappa shape index (κ2) is 14.0. The van der Waals surface area contributed by atoms with Gasteiger partial charge in [-0.15, -0.1) is 69.3 Å². The van der Waals surface area contributed by atoms with Crippen LogP contribution in [0.1, 0.15) is 21.9 Å².